The van der Waals surface area contributed by atoms with E-state index in [9.17, 15) is 0 Å². The highest BCUT2D eigenvalue weighted by Crippen LogP contribution is 2.09. The molecule has 122 valence electrons. The van der Waals surface area contributed by atoms with Gasteiger partial charge in [0.05, 0.1) is 6.61 Å². The molecule has 0 amide bonds. The first-order valence-electron chi connectivity index (χ1n) is 9.05. The van der Waals surface area contributed by atoms with E-state index >= 15 is 0 Å². The maximum atomic E-state index is 5.64. The zero-order valence-corrected chi connectivity index (χ0v) is 14.4. The van der Waals surface area contributed by atoms with E-state index in [1.54, 1.807) is 0 Å². The number of nitrogens with one attached hydrogen (secondary N) is 1. The van der Waals surface area contributed by atoms with E-state index in [4.69, 9.17) is 4.74 Å². The average Bonchev–Trinajstić information content (AvgIpc) is 2.43. The Kier molecular flexibility index (Phi) is 16.9. The van der Waals surface area contributed by atoms with Gasteiger partial charge in [-0.1, -0.05) is 72.1 Å². The molecule has 0 aromatic carbocycles. The van der Waals surface area contributed by atoms with Crippen molar-refractivity contribution in [3.63, 3.8) is 0 Å². The Morgan fingerprint density at radius 2 is 1.35 bits per heavy atom. The molecule has 0 aliphatic rings. The molecule has 1 N–H and O–H groups in total. The third-order valence-corrected chi connectivity index (χ3v) is 3.71. The van der Waals surface area contributed by atoms with Crippen LogP contribution in [-0.4, -0.2) is 26.3 Å². The first-order valence-corrected chi connectivity index (χ1v) is 9.05. The smallest absolute Gasteiger partial charge is 0.0590 e. The Balaban J connectivity index is 2.92. The van der Waals surface area contributed by atoms with E-state index in [-0.39, 0.29) is 0 Å². The Labute approximate surface area is 128 Å². The molecular formula is C18H39NO. The molecule has 0 radical (unpaired) electrons. The van der Waals surface area contributed by atoms with E-state index in [0.29, 0.717) is 0 Å². The van der Waals surface area contributed by atoms with Gasteiger partial charge in [0.25, 0.3) is 0 Å². The van der Waals surface area contributed by atoms with Crippen LogP contribution in [0.3, 0.4) is 0 Å². The zero-order chi connectivity index (χ0) is 14.9. The quantitative estimate of drug-likeness (QED) is 0.395. The van der Waals surface area contributed by atoms with Gasteiger partial charge in [-0.3, -0.25) is 0 Å². The van der Waals surface area contributed by atoms with Crippen LogP contribution >= 0.6 is 0 Å². The molecule has 2 nitrogen and oxygen atoms in total. The van der Waals surface area contributed by atoms with Gasteiger partial charge >= 0.3 is 0 Å². The van der Waals surface area contributed by atoms with E-state index < -0.39 is 0 Å². The molecule has 0 heterocycles. The van der Waals surface area contributed by atoms with Crippen molar-refractivity contribution in [3.05, 3.63) is 0 Å². The highest BCUT2D eigenvalue weighted by molar-refractivity contribution is 4.51. The Morgan fingerprint density at radius 1 is 0.750 bits per heavy atom. The van der Waals surface area contributed by atoms with E-state index in [2.05, 4.69) is 26.1 Å². The van der Waals surface area contributed by atoms with Gasteiger partial charge in [-0.15, -0.1) is 0 Å². The molecule has 0 spiro atoms. The number of unbranched alkanes of at least 4 members (excludes halogenated alkanes) is 8. The maximum absolute atomic E-state index is 5.64. The molecule has 0 aromatic rings. The largest absolute Gasteiger partial charge is 0.380 e. The highest BCUT2D eigenvalue weighted by Gasteiger charge is 1.94. The molecular weight excluding hydrogens is 246 g/mol. The summed E-state index contributed by atoms with van der Waals surface area (Å²) in [7, 11) is 0. The molecule has 0 fully saturated rings. The topological polar surface area (TPSA) is 21.3 Å². The number of hydrogen-bond donors (Lipinski definition) is 1. The summed E-state index contributed by atoms with van der Waals surface area (Å²) in [6.45, 7) is 10.8. The minimum absolute atomic E-state index is 0.797. The molecule has 0 aliphatic heterocycles. The fourth-order valence-electron chi connectivity index (χ4n) is 2.28. The number of hydrogen-bond acceptors (Lipinski definition) is 2. The molecule has 0 aromatic heterocycles. The molecule has 0 saturated carbocycles. The lowest BCUT2D eigenvalue weighted by Gasteiger charge is -2.07. The fourth-order valence-corrected chi connectivity index (χ4v) is 2.28. The normalized spacial score (nSPS) is 11.4. The van der Waals surface area contributed by atoms with E-state index in [0.717, 1.165) is 32.2 Å². The first-order chi connectivity index (χ1) is 9.77. The molecule has 0 unspecified atom stereocenters. The Morgan fingerprint density at radius 3 is 1.95 bits per heavy atom. The van der Waals surface area contributed by atoms with Crippen LogP contribution in [0.2, 0.25) is 0 Å². The van der Waals surface area contributed by atoms with Gasteiger partial charge in [0.15, 0.2) is 0 Å². The van der Waals surface area contributed by atoms with Crippen molar-refractivity contribution in [1.29, 1.82) is 0 Å². The van der Waals surface area contributed by atoms with Crippen LogP contribution in [0.25, 0.3) is 0 Å². The standard InChI is InChI=1S/C18H39NO/c1-4-5-6-7-8-9-10-11-12-16-20-17-15-19-14-13-18(2)3/h18-19H,4-17H2,1-3H3. The second-order valence-corrected chi connectivity index (χ2v) is 6.37. The molecule has 0 aliphatic carbocycles. The third kappa shape index (κ3) is 17.9. The number of rotatable bonds is 16. The van der Waals surface area contributed by atoms with Gasteiger partial charge in [-0.2, -0.15) is 0 Å². The monoisotopic (exact) mass is 285 g/mol. The highest BCUT2D eigenvalue weighted by atomic mass is 16.5. The molecule has 0 bridgehead atoms. The van der Waals surface area contributed by atoms with Crippen molar-refractivity contribution < 1.29 is 4.74 Å². The summed E-state index contributed by atoms with van der Waals surface area (Å²) in [6.07, 6.45) is 13.7. The second kappa shape index (κ2) is 17.0. The van der Waals surface area contributed by atoms with E-state index in [1.165, 1.54) is 64.2 Å². The average molecular weight is 286 g/mol. The van der Waals surface area contributed by atoms with E-state index in [1.807, 2.05) is 0 Å². The molecule has 0 atom stereocenters. The van der Waals surface area contributed by atoms with Crippen LogP contribution < -0.4 is 5.32 Å². The van der Waals surface area contributed by atoms with Crippen LogP contribution in [0.1, 0.15) is 85.0 Å². The van der Waals surface area contributed by atoms with Gasteiger partial charge in [-0.05, 0) is 25.3 Å². The Hall–Kier alpha value is -0.0800. The summed E-state index contributed by atoms with van der Waals surface area (Å²) >= 11 is 0. The lowest BCUT2D eigenvalue weighted by molar-refractivity contribution is 0.131. The van der Waals surface area contributed by atoms with Crippen LogP contribution in [0.4, 0.5) is 0 Å². The van der Waals surface area contributed by atoms with Crippen molar-refractivity contribution in [1.82, 2.24) is 5.32 Å². The van der Waals surface area contributed by atoms with Crippen LogP contribution in [0.15, 0.2) is 0 Å². The van der Waals surface area contributed by atoms with Crippen LogP contribution in [-0.2, 0) is 4.74 Å². The Bertz CT molecular complexity index is 171. The first kappa shape index (κ1) is 19.9. The van der Waals surface area contributed by atoms with Gasteiger partial charge in [-0.25, -0.2) is 0 Å². The van der Waals surface area contributed by atoms with Gasteiger partial charge in [0.1, 0.15) is 0 Å². The fraction of sp³-hybridized carbons (Fsp3) is 1.00. The van der Waals surface area contributed by atoms with Crippen molar-refractivity contribution in [2.45, 2.75) is 85.0 Å². The summed E-state index contributed by atoms with van der Waals surface area (Å²) in [6, 6.07) is 0. The molecule has 20 heavy (non-hydrogen) atoms. The summed E-state index contributed by atoms with van der Waals surface area (Å²) < 4.78 is 5.64. The summed E-state index contributed by atoms with van der Waals surface area (Å²) in [5, 5.41) is 3.43. The minimum Gasteiger partial charge on any atom is -0.380 e. The van der Waals surface area contributed by atoms with Crippen LogP contribution in [0.5, 0.6) is 0 Å². The van der Waals surface area contributed by atoms with Gasteiger partial charge in [0.2, 0.25) is 0 Å². The molecule has 0 rings (SSSR count). The second-order valence-electron chi connectivity index (χ2n) is 6.37. The minimum atomic E-state index is 0.797. The van der Waals surface area contributed by atoms with Gasteiger partial charge < -0.3 is 10.1 Å². The van der Waals surface area contributed by atoms with Crippen molar-refractivity contribution >= 4 is 0 Å². The summed E-state index contributed by atoms with van der Waals surface area (Å²) in [4.78, 5) is 0. The van der Waals surface area contributed by atoms with Gasteiger partial charge in [0, 0.05) is 13.2 Å². The third-order valence-electron chi connectivity index (χ3n) is 3.71. The van der Waals surface area contributed by atoms with Crippen molar-refractivity contribution in [3.8, 4) is 0 Å². The zero-order valence-electron chi connectivity index (χ0n) is 14.4. The predicted octanol–water partition coefficient (Wildman–Crippen LogP) is 5.17. The summed E-state index contributed by atoms with van der Waals surface area (Å²) in [5.41, 5.74) is 0. The predicted molar refractivity (Wildman–Crippen MR) is 90.4 cm³/mol. The number of ether oxygens (including phenoxy) is 1. The lowest BCUT2D eigenvalue weighted by atomic mass is 10.1. The maximum Gasteiger partial charge on any atom is 0.0590 e. The van der Waals surface area contributed by atoms with Crippen molar-refractivity contribution in [2.24, 2.45) is 5.92 Å². The molecule has 2 heteroatoms. The van der Waals surface area contributed by atoms with Crippen LogP contribution in [0, 0.1) is 5.92 Å². The SMILES string of the molecule is CCCCCCCCCCCOCCNCCC(C)C. The lowest BCUT2D eigenvalue weighted by Crippen LogP contribution is -2.22. The summed E-state index contributed by atoms with van der Waals surface area (Å²) in [5.74, 6) is 0.797. The molecule has 0 saturated heterocycles. The van der Waals surface area contributed by atoms with Crippen molar-refractivity contribution in [2.75, 3.05) is 26.3 Å².